The van der Waals surface area contributed by atoms with E-state index in [0.29, 0.717) is 17.1 Å². The Bertz CT molecular complexity index is 1210. The van der Waals surface area contributed by atoms with Crippen molar-refractivity contribution >= 4 is 41.9 Å². The number of hydrogen-bond acceptors (Lipinski definition) is 6. The first-order valence-electron chi connectivity index (χ1n) is 13.4. The summed E-state index contributed by atoms with van der Waals surface area (Å²) in [5.41, 5.74) is 2.08. The first-order chi connectivity index (χ1) is 19.6. The van der Waals surface area contributed by atoms with Crippen molar-refractivity contribution in [3.8, 4) is 5.75 Å². The van der Waals surface area contributed by atoms with Gasteiger partial charge in [-0.25, -0.2) is 9.38 Å². The van der Waals surface area contributed by atoms with Gasteiger partial charge in [0.1, 0.15) is 6.29 Å². The average Bonchev–Trinajstić information content (AvgIpc) is 2.96. The topological polar surface area (TPSA) is 103 Å². The molecule has 1 fully saturated rings. The van der Waals surface area contributed by atoms with E-state index in [2.05, 4.69) is 15.6 Å². The number of hydrogen-bond donors (Lipinski definition) is 2. The van der Waals surface area contributed by atoms with Gasteiger partial charge in [-0.3, -0.25) is 14.5 Å². The molecule has 11 heteroatoms. The minimum atomic E-state index is -0.509. The van der Waals surface area contributed by atoms with Gasteiger partial charge in [0.25, 0.3) is 0 Å². The van der Waals surface area contributed by atoms with Crippen LogP contribution in [0.4, 0.5) is 10.1 Å². The number of anilines is 1. The summed E-state index contributed by atoms with van der Waals surface area (Å²) in [6.07, 6.45) is 4.77. The van der Waals surface area contributed by atoms with Crippen LogP contribution in [-0.4, -0.2) is 60.6 Å². The van der Waals surface area contributed by atoms with Crippen molar-refractivity contribution in [1.29, 1.82) is 0 Å². The lowest BCUT2D eigenvalue weighted by Gasteiger charge is -2.28. The zero-order chi connectivity index (χ0) is 30.4. The molecule has 0 aromatic heterocycles. The standard InChI is InChI=1S/C22H26ClFN4O2.C8H13NO2/c1-15(2)30-21-10-9-19(11-20(21)24)27-22(26-12-16(3)25-4)28(14-29)13-17-5-7-18(23)8-6-17;1-7(11)9-4-2-8(6-10)3-5-9/h5-12,14-15,25H,13H2,1-4H3,(H,26,27);6,8H,2-5H2,1H3/b16-12+;. The molecule has 0 spiro atoms. The SMILES string of the molecule is CC(=O)N1CCC(C=O)CC1.CN/C(C)=C/N=C(Nc1ccc(OC(C)C)c(F)c1)N(C=O)Cc1ccc(Cl)cc1. The summed E-state index contributed by atoms with van der Waals surface area (Å²) in [4.78, 5) is 40.5. The number of ether oxygens (including phenoxy) is 1. The zero-order valence-electron chi connectivity index (χ0n) is 24.2. The molecule has 0 saturated carbocycles. The van der Waals surface area contributed by atoms with Gasteiger partial charge in [-0.15, -0.1) is 0 Å². The molecule has 1 heterocycles. The van der Waals surface area contributed by atoms with Gasteiger partial charge < -0.3 is 25.1 Å². The number of likely N-dealkylation sites (tertiary alicyclic amines) is 1. The number of guanidine groups is 1. The summed E-state index contributed by atoms with van der Waals surface area (Å²) in [5.74, 6) is 0.199. The molecule has 0 atom stereocenters. The summed E-state index contributed by atoms with van der Waals surface area (Å²) < 4.78 is 19.8. The number of carbonyl (C=O) groups excluding carboxylic acids is 3. The number of piperidine rings is 1. The van der Waals surface area contributed by atoms with Crippen LogP contribution in [0.25, 0.3) is 0 Å². The van der Waals surface area contributed by atoms with Crippen LogP contribution in [0.2, 0.25) is 5.02 Å². The van der Waals surface area contributed by atoms with E-state index in [9.17, 15) is 18.8 Å². The van der Waals surface area contributed by atoms with Gasteiger partial charge in [0, 0.05) is 61.7 Å². The van der Waals surface area contributed by atoms with Gasteiger partial charge in [0.2, 0.25) is 18.3 Å². The predicted octanol–water partition coefficient (Wildman–Crippen LogP) is 5.22. The van der Waals surface area contributed by atoms with Crippen LogP contribution in [0.5, 0.6) is 5.75 Å². The smallest absolute Gasteiger partial charge is 0.219 e. The number of rotatable bonds is 9. The van der Waals surface area contributed by atoms with Crippen molar-refractivity contribution in [2.24, 2.45) is 10.9 Å². The third-order valence-corrected chi connectivity index (χ3v) is 6.42. The average molecular weight is 588 g/mol. The molecule has 3 rings (SSSR count). The number of benzene rings is 2. The van der Waals surface area contributed by atoms with E-state index in [1.807, 2.05) is 32.9 Å². The van der Waals surface area contributed by atoms with Crippen molar-refractivity contribution < 1.29 is 23.5 Å². The van der Waals surface area contributed by atoms with Crippen LogP contribution in [0.15, 0.2) is 59.4 Å². The van der Waals surface area contributed by atoms with E-state index >= 15 is 0 Å². The number of aldehydes is 1. The van der Waals surface area contributed by atoms with E-state index < -0.39 is 5.82 Å². The Balaban J connectivity index is 0.000000446. The number of halogens is 2. The molecule has 2 aromatic rings. The Morgan fingerprint density at radius 3 is 2.34 bits per heavy atom. The zero-order valence-corrected chi connectivity index (χ0v) is 25.0. The second-order valence-corrected chi connectivity index (χ2v) is 10.2. The molecule has 2 aromatic carbocycles. The molecule has 0 bridgehead atoms. The quantitative estimate of drug-likeness (QED) is 0.237. The van der Waals surface area contributed by atoms with E-state index in [1.54, 1.807) is 43.3 Å². The van der Waals surface area contributed by atoms with Crippen molar-refractivity contribution in [2.45, 2.75) is 53.2 Å². The van der Waals surface area contributed by atoms with Gasteiger partial charge in [-0.1, -0.05) is 23.7 Å². The fourth-order valence-electron chi connectivity index (χ4n) is 3.76. The second-order valence-electron chi connectivity index (χ2n) is 9.79. The summed E-state index contributed by atoms with van der Waals surface area (Å²) in [5, 5.41) is 6.58. The Kier molecular flexibility index (Phi) is 13.8. The van der Waals surface area contributed by atoms with Crippen LogP contribution in [0, 0.1) is 11.7 Å². The molecule has 1 aliphatic heterocycles. The third kappa shape index (κ3) is 11.6. The Morgan fingerprint density at radius 2 is 1.83 bits per heavy atom. The van der Waals surface area contributed by atoms with Crippen molar-refractivity contribution in [3.63, 3.8) is 0 Å². The molecule has 222 valence electrons. The molecule has 0 aliphatic carbocycles. The lowest BCUT2D eigenvalue weighted by atomic mass is 9.99. The van der Waals surface area contributed by atoms with E-state index in [-0.39, 0.29) is 36.2 Å². The lowest BCUT2D eigenvalue weighted by Crippen LogP contribution is -2.37. The Morgan fingerprint density at radius 1 is 1.17 bits per heavy atom. The molecular weight excluding hydrogens is 549 g/mol. The molecule has 0 radical (unpaired) electrons. The largest absolute Gasteiger partial charge is 0.488 e. The highest BCUT2D eigenvalue weighted by Crippen LogP contribution is 2.23. The van der Waals surface area contributed by atoms with E-state index in [1.165, 1.54) is 17.0 Å². The molecular formula is C30H39ClFN5O4. The first kappa shape index (κ1) is 33.3. The Labute approximate surface area is 246 Å². The number of nitrogens with one attached hydrogen (secondary N) is 2. The maximum atomic E-state index is 14.4. The number of nitrogens with zero attached hydrogens (tertiary/aromatic N) is 3. The number of aliphatic imine (C=N–C) groups is 1. The van der Waals surface area contributed by atoms with Crippen LogP contribution < -0.4 is 15.4 Å². The highest BCUT2D eigenvalue weighted by Gasteiger charge is 2.19. The maximum absolute atomic E-state index is 14.4. The van der Waals surface area contributed by atoms with Crippen LogP contribution >= 0.6 is 11.6 Å². The monoisotopic (exact) mass is 587 g/mol. The molecule has 2 N–H and O–H groups in total. The van der Waals surface area contributed by atoms with E-state index in [0.717, 1.165) is 43.5 Å². The molecule has 41 heavy (non-hydrogen) atoms. The second kappa shape index (κ2) is 17.0. The molecule has 1 aliphatic rings. The number of carbonyl (C=O) groups is 3. The first-order valence-corrected chi connectivity index (χ1v) is 13.8. The molecule has 2 amide bonds. The number of allylic oxidation sites excluding steroid dienone is 1. The highest BCUT2D eigenvalue weighted by atomic mass is 35.5. The molecule has 9 nitrogen and oxygen atoms in total. The van der Waals surface area contributed by atoms with Crippen molar-refractivity contribution in [3.05, 3.63) is 70.8 Å². The molecule has 1 saturated heterocycles. The third-order valence-electron chi connectivity index (χ3n) is 6.17. The lowest BCUT2D eigenvalue weighted by molar-refractivity contribution is -0.131. The van der Waals surface area contributed by atoms with Gasteiger partial charge >= 0.3 is 0 Å². The van der Waals surface area contributed by atoms with Gasteiger partial charge in [0.05, 0.1) is 12.6 Å². The van der Waals surface area contributed by atoms with Gasteiger partial charge in [0.15, 0.2) is 11.6 Å². The van der Waals surface area contributed by atoms with Gasteiger partial charge in [-0.05, 0) is 63.4 Å². The van der Waals surface area contributed by atoms with Gasteiger partial charge in [-0.2, -0.15) is 0 Å². The minimum Gasteiger partial charge on any atom is -0.488 e. The maximum Gasteiger partial charge on any atom is 0.219 e. The highest BCUT2D eigenvalue weighted by molar-refractivity contribution is 6.30. The van der Waals surface area contributed by atoms with Crippen molar-refractivity contribution in [2.75, 3.05) is 25.5 Å². The summed E-state index contributed by atoms with van der Waals surface area (Å²) >= 11 is 5.93. The fourth-order valence-corrected chi connectivity index (χ4v) is 3.88. The summed E-state index contributed by atoms with van der Waals surface area (Å²) in [6, 6.07) is 11.6. The fraction of sp³-hybridized carbons (Fsp3) is 0.400. The van der Waals surface area contributed by atoms with Crippen LogP contribution in [0.1, 0.15) is 46.1 Å². The predicted molar refractivity (Wildman–Crippen MR) is 160 cm³/mol. The summed E-state index contributed by atoms with van der Waals surface area (Å²) in [6.45, 7) is 8.81. The normalized spacial score (nSPS) is 14.1. The summed E-state index contributed by atoms with van der Waals surface area (Å²) in [7, 11) is 1.77. The van der Waals surface area contributed by atoms with Crippen LogP contribution in [-0.2, 0) is 20.9 Å². The number of amides is 2. The Hall–Kier alpha value is -3.92. The van der Waals surface area contributed by atoms with Crippen LogP contribution in [0.3, 0.4) is 0 Å². The minimum absolute atomic E-state index is 0.120. The van der Waals surface area contributed by atoms with E-state index in [4.69, 9.17) is 16.3 Å². The molecule has 0 unspecified atom stereocenters. The van der Waals surface area contributed by atoms with Crippen molar-refractivity contribution in [1.82, 2.24) is 15.1 Å².